The second-order valence-electron chi connectivity index (χ2n) is 5.86. The number of aryl methyl sites for hydroxylation is 1. The van der Waals surface area contributed by atoms with Crippen molar-refractivity contribution in [1.82, 2.24) is 20.0 Å². The predicted octanol–water partition coefficient (Wildman–Crippen LogP) is 2.00. The first kappa shape index (κ1) is 13.6. The Balaban J connectivity index is 1.69. The number of nitrogens with zero attached hydrogens (tertiary/aromatic N) is 3. The first-order chi connectivity index (χ1) is 9.78. The van der Waals surface area contributed by atoms with Gasteiger partial charge in [-0.1, -0.05) is 18.2 Å². The van der Waals surface area contributed by atoms with Crippen LogP contribution in [0.15, 0.2) is 24.3 Å². The summed E-state index contributed by atoms with van der Waals surface area (Å²) >= 11 is 0. The molecule has 1 N–H and O–H groups in total. The molecular formula is C16H24N4. The van der Waals surface area contributed by atoms with Crippen LogP contribution in [0.2, 0.25) is 0 Å². The standard InChI is InChI=1S/C16H24N4/c1-17-11-13-7-9-20(10-8-13)12-15-14-5-3-4-6-16(14)19(2)18-15/h3-6,13,17H,7-12H2,1-2H3. The van der Waals surface area contributed by atoms with Crippen LogP contribution in [0.5, 0.6) is 0 Å². The van der Waals surface area contributed by atoms with Crippen molar-refractivity contribution in [3.8, 4) is 0 Å². The van der Waals surface area contributed by atoms with E-state index in [0.29, 0.717) is 0 Å². The monoisotopic (exact) mass is 272 g/mol. The van der Waals surface area contributed by atoms with E-state index >= 15 is 0 Å². The zero-order chi connectivity index (χ0) is 13.9. The molecule has 0 aliphatic carbocycles. The van der Waals surface area contributed by atoms with Crippen molar-refractivity contribution in [1.29, 1.82) is 0 Å². The van der Waals surface area contributed by atoms with Gasteiger partial charge in [-0.15, -0.1) is 0 Å². The molecule has 0 spiro atoms. The van der Waals surface area contributed by atoms with Crippen LogP contribution in [0.1, 0.15) is 18.5 Å². The number of nitrogens with one attached hydrogen (secondary N) is 1. The molecule has 1 aliphatic rings. The lowest BCUT2D eigenvalue weighted by Crippen LogP contribution is -2.36. The number of benzene rings is 1. The quantitative estimate of drug-likeness (QED) is 0.924. The number of piperidine rings is 1. The van der Waals surface area contributed by atoms with Gasteiger partial charge in [0.05, 0.1) is 11.2 Å². The van der Waals surface area contributed by atoms with Crippen molar-refractivity contribution in [2.45, 2.75) is 19.4 Å². The molecule has 2 aromatic rings. The Morgan fingerprint density at radius 2 is 2.00 bits per heavy atom. The molecule has 108 valence electrons. The van der Waals surface area contributed by atoms with E-state index in [4.69, 9.17) is 5.10 Å². The van der Waals surface area contributed by atoms with Gasteiger partial charge in [-0.3, -0.25) is 9.58 Å². The van der Waals surface area contributed by atoms with Crippen molar-refractivity contribution < 1.29 is 0 Å². The van der Waals surface area contributed by atoms with Gasteiger partial charge in [0, 0.05) is 19.0 Å². The van der Waals surface area contributed by atoms with E-state index in [9.17, 15) is 0 Å². The van der Waals surface area contributed by atoms with Gasteiger partial charge < -0.3 is 5.32 Å². The molecule has 1 aromatic heterocycles. The lowest BCUT2D eigenvalue weighted by molar-refractivity contribution is 0.175. The van der Waals surface area contributed by atoms with Crippen LogP contribution in [0.4, 0.5) is 0 Å². The number of rotatable bonds is 4. The summed E-state index contributed by atoms with van der Waals surface area (Å²) in [5.41, 5.74) is 2.45. The zero-order valence-corrected chi connectivity index (χ0v) is 12.5. The molecule has 1 saturated heterocycles. The number of likely N-dealkylation sites (tertiary alicyclic amines) is 1. The molecular weight excluding hydrogens is 248 g/mol. The SMILES string of the molecule is CNCC1CCN(Cc2nn(C)c3ccccc23)CC1. The van der Waals surface area contributed by atoms with Crippen LogP contribution in [-0.2, 0) is 13.6 Å². The Kier molecular flexibility index (Phi) is 4.03. The van der Waals surface area contributed by atoms with Gasteiger partial charge in [0.15, 0.2) is 0 Å². The molecule has 4 heteroatoms. The minimum atomic E-state index is 0.844. The molecule has 3 rings (SSSR count). The van der Waals surface area contributed by atoms with Crippen molar-refractivity contribution in [2.24, 2.45) is 13.0 Å². The van der Waals surface area contributed by atoms with Gasteiger partial charge in [0.25, 0.3) is 0 Å². The molecule has 2 heterocycles. The van der Waals surface area contributed by atoms with Gasteiger partial charge in [-0.2, -0.15) is 5.10 Å². The van der Waals surface area contributed by atoms with Gasteiger partial charge in [0.1, 0.15) is 0 Å². The molecule has 0 saturated carbocycles. The topological polar surface area (TPSA) is 33.1 Å². The fourth-order valence-corrected chi connectivity index (χ4v) is 3.25. The Hall–Kier alpha value is -1.39. The average molecular weight is 272 g/mol. The third-order valence-electron chi connectivity index (χ3n) is 4.41. The maximum Gasteiger partial charge on any atom is 0.0843 e. The molecule has 20 heavy (non-hydrogen) atoms. The molecule has 1 aromatic carbocycles. The minimum Gasteiger partial charge on any atom is -0.319 e. The lowest BCUT2D eigenvalue weighted by atomic mass is 9.96. The van der Waals surface area contributed by atoms with Gasteiger partial charge in [0.2, 0.25) is 0 Å². The zero-order valence-electron chi connectivity index (χ0n) is 12.5. The van der Waals surface area contributed by atoms with Crippen LogP contribution in [0.25, 0.3) is 10.9 Å². The largest absolute Gasteiger partial charge is 0.319 e. The van der Waals surface area contributed by atoms with E-state index < -0.39 is 0 Å². The number of para-hydroxylation sites is 1. The third-order valence-corrected chi connectivity index (χ3v) is 4.41. The maximum absolute atomic E-state index is 4.70. The molecule has 0 bridgehead atoms. The summed E-state index contributed by atoms with van der Waals surface area (Å²) in [4.78, 5) is 2.54. The summed E-state index contributed by atoms with van der Waals surface area (Å²) in [6, 6.07) is 8.51. The van der Waals surface area contributed by atoms with Crippen molar-refractivity contribution >= 4 is 10.9 Å². The summed E-state index contributed by atoms with van der Waals surface area (Å²) < 4.78 is 2.00. The van der Waals surface area contributed by atoms with Crippen molar-refractivity contribution in [3.63, 3.8) is 0 Å². The maximum atomic E-state index is 4.70. The summed E-state index contributed by atoms with van der Waals surface area (Å²) in [6.07, 6.45) is 2.59. The minimum absolute atomic E-state index is 0.844. The normalized spacial score (nSPS) is 17.9. The second-order valence-corrected chi connectivity index (χ2v) is 5.86. The van der Waals surface area contributed by atoms with E-state index in [2.05, 4.69) is 34.5 Å². The van der Waals surface area contributed by atoms with Crippen LogP contribution in [-0.4, -0.2) is 41.4 Å². The van der Waals surface area contributed by atoms with Gasteiger partial charge in [-0.05, 0) is 51.5 Å². The Bertz CT molecular complexity index is 567. The number of hydrogen-bond acceptors (Lipinski definition) is 3. The van der Waals surface area contributed by atoms with Crippen LogP contribution in [0.3, 0.4) is 0 Å². The molecule has 1 fully saturated rings. The van der Waals surface area contributed by atoms with Gasteiger partial charge >= 0.3 is 0 Å². The molecule has 4 nitrogen and oxygen atoms in total. The first-order valence-electron chi connectivity index (χ1n) is 7.55. The third kappa shape index (κ3) is 2.72. The number of aromatic nitrogens is 2. The molecule has 0 amide bonds. The summed E-state index contributed by atoms with van der Waals surface area (Å²) in [5, 5.41) is 9.30. The highest BCUT2D eigenvalue weighted by Gasteiger charge is 2.20. The first-order valence-corrected chi connectivity index (χ1v) is 7.55. The Morgan fingerprint density at radius 1 is 1.25 bits per heavy atom. The molecule has 0 unspecified atom stereocenters. The van der Waals surface area contributed by atoms with E-state index in [1.165, 1.54) is 42.5 Å². The fourth-order valence-electron chi connectivity index (χ4n) is 3.25. The highest BCUT2D eigenvalue weighted by Crippen LogP contribution is 2.22. The van der Waals surface area contributed by atoms with Crippen molar-refractivity contribution in [2.75, 3.05) is 26.7 Å². The van der Waals surface area contributed by atoms with E-state index in [-0.39, 0.29) is 0 Å². The van der Waals surface area contributed by atoms with Crippen molar-refractivity contribution in [3.05, 3.63) is 30.0 Å². The highest BCUT2D eigenvalue weighted by molar-refractivity contribution is 5.81. The van der Waals surface area contributed by atoms with Gasteiger partial charge in [-0.25, -0.2) is 0 Å². The average Bonchev–Trinajstić information content (AvgIpc) is 2.79. The summed E-state index contributed by atoms with van der Waals surface area (Å²) in [5.74, 6) is 0.844. The number of fused-ring (bicyclic) bond motifs is 1. The van der Waals surface area contributed by atoms with Crippen LogP contribution >= 0.6 is 0 Å². The lowest BCUT2D eigenvalue weighted by Gasteiger charge is -2.31. The van der Waals surface area contributed by atoms with E-state index in [1.54, 1.807) is 0 Å². The second kappa shape index (κ2) is 5.94. The number of hydrogen-bond donors (Lipinski definition) is 1. The molecule has 1 aliphatic heterocycles. The summed E-state index contributed by atoms with van der Waals surface area (Å²) in [6.45, 7) is 4.52. The Labute approximate surface area is 120 Å². The smallest absolute Gasteiger partial charge is 0.0843 e. The fraction of sp³-hybridized carbons (Fsp3) is 0.562. The van der Waals surface area contributed by atoms with Crippen LogP contribution < -0.4 is 5.32 Å². The predicted molar refractivity (Wildman–Crippen MR) is 82.6 cm³/mol. The molecule has 0 radical (unpaired) electrons. The highest BCUT2D eigenvalue weighted by atomic mass is 15.3. The van der Waals surface area contributed by atoms with Crippen LogP contribution in [0, 0.1) is 5.92 Å². The van der Waals surface area contributed by atoms with E-state index in [0.717, 1.165) is 19.0 Å². The Morgan fingerprint density at radius 3 is 2.75 bits per heavy atom. The van der Waals surface area contributed by atoms with E-state index in [1.807, 2.05) is 18.8 Å². The summed E-state index contributed by atoms with van der Waals surface area (Å²) in [7, 11) is 4.08. The molecule has 0 atom stereocenters.